The third-order valence-corrected chi connectivity index (χ3v) is 9.51. The maximum atomic E-state index is 15.3. The lowest BCUT2D eigenvalue weighted by atomic mass is 9.67. The van der Waals surface area contributed by atoms with Crippen molar-refractivity contribution < 1.29 is 18.6 Å². The van der Waals surface area contributed by atoms with Crippen LogP contribution in [0.4, 0.5) is 8.78 Å². The Hall–Kier alpha value is -1.78. The Bertz CT molecular complexity index is 990. The normalized spacial score (nSPS) is 24.9. The number of aliphatic hydroxyl groups excluding tert-OH is 1. The Balaban J connectivity index is 1.28. The monoisotopic (exact) mass is 526 g/mol. The molecule has 0 aromatic heterocycles. The minimum atomic E-state index is -0.257. The molecule has 0 bridgehead atoms. The lowest BCUT2D eigenvalue weighted by molar-refractivity contribution is 0.0807. The summed E-state index contributed by atoms with van der Waals surface area (Å²) in [6.07, 6.45) is 14.9. The van der Waals surface area contributed by atoms with Crippen LogP contribution in [0.15, 0.2) is 36.4 Å². The number of hydrogen-bond acceptors (Lipinski definition) is 2. The van der Waals surface area contributed by atoms with Gasteiger partial charge in [-0.15, -0.1) is 0 Å². The van der Waals surface area contributed by atoms with E-state index in [2.05, 4.69) is 6.92 Å². The summed E-state index contributed by atoms with van der Waals surface area (Å²) in [5.41, 5.74) is 2.94. The van der Waals surface area contributed by atoms with Crippen LogP contribution in [0.3, 0.4) is 0 Å². The van der Waals surface area contributed by atoms with Crippen molar-refractivity contribution >= 4 is 0 Å². The number of aryl methyl sites for hydroxylation is 1. The quantitative estimate of drug-likeness (QED) is 0.280. The van der Waals surface area contributed by atoms with Gasteiger partial charge in [0.25, 0.3) is 0 Å². The summed E-state index contributed by atoms with van der Waals surface area (Å²) in [5.74, 6) is 2.35. The fraction of sp³-hybridized carbons (Fsp3) is 0.647. The Labute approximate surface area is 229 Å². The molecular formula is C34H48F2O2. The largest absolute Gasteiger partial charge is 0.396 e. The lowest BCUT2D eigenvalue weighted by Gasteiger charge is -2.38. The molecule has 210 valence electrons. The number of unbranched alkanes of at least 4 members (excludes halogenated alkanes) is 2. The molecule has 2 saturated carbocycles. The molecule has 4 heteroatoms. The van der Waals surface area contributed by atoms with Crippen LogP contribution in [0.5, 0.6) is 0 Å². The lowest BCUT2D eigenvalue weighted by Crippen LogP contribution is -2.27. The molecule has 0 amide bonds. The minimum Gasteiger partial charge on any atom is -0.396 e. The smallest absolute Gasteiger partial charge is 0.131 e. The fourth-order valence-electron chi connectivity index (χ4n) is 7.25. The molecular weight excluding hydrogens is 478 g/mol. The summed E-state index contributed by atoms with van der Waals surface area (Å²) >= 11 is 0. The highest BCUT2D eigenvalue weighted by atomic mass is 19.1. The van der Waals surface area contributed by atoms with Crippen molar-refractivity contribution in [2.45, 2.75) is 96.3 Å². The van der Waals surface area contributed by atoms with Crippen LogP contribution in [-0.4, -0.2) is 25.4 Å². The van der Waals surface area contributed by atoms with Gasteiger partial charge >= 0.3 is 0 Å². The van der Waals surface area contributed by atoms with Gasteiger partial charge in [-0.3, -0.25) is 0 Å². The van der Waals surface area contributed by atoms with Crippen LogP contribution < -0.4 is 0 Å². The molecule has 0 aliphatic heterocycles. The average molecular weight is 527 g/mol. The van der Waals surface area contributed by atoms with Crippen molar-refractivity contribution in [2.75, 3.05) is 20.3 Å². The van der Waals surface area contributed by atoms with E-state index < -0.39 is 0 Å². The van der Waals surface area contributed by atoms with Crippen molar-refractivity contribution in [3.8, 4) is 11.1 Å². The van der Waals surface area contributed by atoms with Gasteiger partial charge in [-0.05, 0) is 110 Å². The molecule has 2 nitrogen and oxygen atoms in total. The molecule has 1 unspecified atom stereocenters. The SMILES string of the molecule is CCCCCc1ccc(-c2ccc(C3CCC(C4CCC(CC(CO)COC)CC4)CC3)c(F)c2)c(F)c1. The number of halogens is 2. The zero-order valence-corrected chi connectivity index (χ0v) is 23.6. The van der Waals surface area contributed by atoms with Gasteiger partial charge in [0.2, 0.25) is 0 Å². The van der Waals surface area contributed by atoms with E-state index in [-0.39, 0.29) is 30.1 Å². The predicted molar refractivity (Wildman–Crippen MR) is 152 cm³/mol. The third kappa shape index (κ3) is 7.66. The molecule has 1 atom stereocenters. The highest BCUT2D eigenvalue weighted by Crippen LogP contribution is 2.45. The predicted octanol–water partition coefficient (Wildman–Crippen LogP) is 9.09. The van der Waals surface area contributed by atoms with Crippen molar-refractivity contribution in [1.82, 2.24) is 0 Å². The van der Waals surface area contributed by atoms with E-state index in [9.17, 15) is 9.50 Å². The molecule has 2 aromatic rings. The number of ether oxygens (including phenoxy) is 1. The van der Waals surface area contributed by atoms with Gasteiger partial charge in [0.15, 0.2) is 0 Å². The molecule has 4 rings (SSSR count). The molecule has 2 fully saturated rings. The maximum absolute atomic E-state index is 15.3. The van der Waals surface area contributed by atoms with Gasteiger partial charge in [-0.25, -0.2) is 8.78 Å². The molecule has 0 radical (unpaired) electrons. The van der Waals surface area contributed by atoms with E-state index >= 15 is 4.39 Å². The summed E-state index contributed by atoms with van der Waals surface area (Å²) in [7, 11) is 1.71. The first-order chi connectivity index (χ1) is 18.5. The second kappa shape index (κ2) is 14.6. The third-order valence-electron chi connectivity index (χ3n) is 9.51. The Morgan fingerprint density at radius 2 is 1.58 bits per heavy atom. The number of methoxy groups -OCH3 is 1. The highest BCUT2D eigenvalue weighted by molar-refractivity contribution is 5.65. The Morgan fingerprint density at radius 1 is 0.868 bits per heavy atom. The van der Waals surface area contributed by atoms with E-state index in [1.165, 1.54) is 38.5 Å². The average Bonchev–Trinajstić information content (AvgIpc) is 2.93. The van der Waals surface area contributed by atoms with Crippen LogP contribution in [0, 0.1) is 35.3 Å². The number of rotatable bonds is 12. The van der Waals surface area contributed by atoms with E-state index in [0.29, 0.717) is 23.7 Å². The Morgan fingerprint density at radius 3 is 2.18 bits per heavy atom. The molecule has 38 heavy (non-hydrogen) atoms. The highest BCUT2D eigenvalue weighted by Gasteiger charge is 2.32. The first-order valence-electron chi connectivity index (χ1n) is 15.2. The Kier molecular flexibility index (Phi) is 11.2. The maximum Gasteiger partial charge on any atom is 0.131 e. The molecule has 0 heterocycles. The molecule has 1 N–H and O–H groups in total. The second-order valence-corrected chi connectivity index (χ2v) is 12.1. The van der Waals surface area contributed by atoms with Gasteiger partial charge in [0.1, 0.15) is 11.6 Å². The van der Waals surface area contributed by atoms with E-state index in [4.69, 9.17) is 4.74 Å². The standard InChI is InChI=1S/C34H48F2O2/c1-3-4-5-6-24-9-17-32(33(35)20-24)30-16-18-31(34(36)21-30)29-14-12-28(13-15-29)27-10-7-25(8-11-27)19-26(22-37)23-38-2/h9,16-18,20-21,25-29,37H,3-8,10-15,19,22-23H2,1-2H3. The van der Waals surface area contributed by atoms with Crippen molar-refractivity contribution in [3.05, 3.63) is 59.2 Å². The molecule has 0 saturated heterocycles. The van der Waals surface area contributed by atoms with E-state index in [1.807, 2.05) is 24.3 Å². The van der Waals surface area contributed by atoms with E-state index in [0.717, 1.165) is 67.9 Å². The molecule has 2 aliphatic carbocycles. The molecule has 2 aromatic carbocycles. The van der Waals surface area contributed by atoms with Gasteiger partial charge < -0.3 is 9.84 Å². The second-order valence-electron chi connectivity index (χ2n) is 12.1. The fourth-order valence-corrected chi connectivity index (χ4v) is 7.25. The van der Waals surface area contributed by atoms with Gasteiger partial charge in [0.05, 0.1) is 6.61 Å². The summed E-state index contributed by atoms with van der Waals surface area (Å²) in [6, 6.07) is 10.8. The molecule has 0 spiro atoms. The van der Waals surface area contributed by atoms with Crippen LogP contribution >= 0.6 is 0 Å². The van der Waals surface area contributed by atoms with Crippen molar-refractivity contribution in [3.63, 3.8) is 0 Å². The summed E-state index contributed by atoms with van der Waals surface area (Å²) in [4.78, 5) is 0. The summed E-state index contributed by atoms with van der Waals surface area (Å²) < 4.78 is 35.4. The first-order valence-corrected chi connectivity index (χ1v) is 15.2. The zero-order valence-electron chi connectivity index (χ0n) is 23.6. The summed E-state index contributed by atoms with van der Waals surface area (Å²) in [5, 5.41) is 9.59. The number of hydrogen-bond donors (Lipinski definition) is 1. The van der Waals surface area contributed by atoms with Crippen LogP contribution in [0.1, 0.15) is 101 Å². The van der Waals surface area contributed by atoms with Crippen LogP contribution in [0.2, 0.25) is 0 Å². The van der Waals surface area contributed by atoms with Crippen molar-refractivity contribution in [1.29, 1.82) is 0 Å². The van der Waals surface area contributed by atoms with Gasteiger partial charge in [-0.1, -0.05) is 56.9 Å². The van der Waals surface area contributed by atoms with Crippen molar-refractivity contribution in [2.24, 2.45) is 23.7 Å². The minimum absolute atomic E-state index is 0.188. The topological polar surface area (TPSA) is 29.5 Å². The first kappa shape index (κ1) is 29.2. The van der Waals surface area contributed by atoms with Gasteiger partial charge in [-0.2, -0.15) is 0 Å². The van der Waals surface area contributed by atoms with Gasteiger partial charge in [0, 0.05) is 25.2 Å². The summed E-state index contributed by atoms with van der Waals surface area (Å²) in [6.45, 7) is 3.04. The number of aliphatic hydroxyl groups is 1. The number of benzene rings is 2. The zero-order chi connectivity index (χ0) is 26.9. The van der Waals surface area contributed by atoms with E-state index in [1.54, 1.807) is 19.2 Å². The van der Waals surface area contributed by atoms with Crippen LogP contribution in [-0.2, 0) is 11.2 Å². The molecule has 2 aliphatic rings. The van der Waals surface area contributed by atoms with Crippen LogP contribution in [0.25, 0.3) is 11.1 Å².